The predicted molar refractivity (Wildman–Crippen MR) is 104 cm³/mol. The molecule has 3 amide bonds. The van der Waals surface area contributed by atoms with Crippen molar-refractivity contribution in [2.75, 3.05) is 6.54 Å². The van der Waals surface area contributed by atoms with E-state index in [-0.39, 0.29) is 10.6 Å². The predicted octanol–water partition coefficient (Wildman–Crippen LogP) is 4.30. The summed E-state index contributed by atoms with van der Waals surface area (Å²) in [6.07, 6.45) is 1.84. The lowest BCUT2D eigenvalue weighted by atomic mass is 9.84. The van der Waals surface area contributed by atoms with Gasteiger partial charge >= 0.3 is 6.03 Å². The molecule has 0 unspecified atom stereocenters. The number of benzene rings is 2. The summed E-state index contributed by atoms with van der Waals surface area (Å²) in [5, 5.41) is 3.00. The molecule has 2 aromatic carbocycles. The Kier molecular flexibility index (Phi) is 5.79. The molecule has 0 bridgehead atoms. The van der Waals surface area contributed by atoms with Crippen molar-refractivity contribution in [3.63, 3.8) is 0 Å². The van der Waals surface area contributed by atoms with Crippen LogP contribution in [0, 0.1) is 5.82 Å². The summed E-state index contributed by atoms with van der Waals surface area (Å²) in [5.41, 5.74) is -0.562. The maximum atomic E-state index is 13.4. The van der Waals surface area contributed by atoms with E-state index < -0.39 is 35.6 Å². The first-order chi connectivity index (χ1) is 13.4. The Morgan fingerprint density at radius 3 is 2.46 bits per heavy atom. The molecule has 0 radical (unpaired) electrons. The van der Waals surface area contributed by atoms with Crippen molar-refractivity contribution in [2.24, 2.45) is 0 Å². The normalized spacial score (nSPS) is 19.0. The molecular formula is C21H20ClFN2O3. The van der Waals surface area contributed by atoms with Gasteiger partial charge in [-0.05, 0) is 36.2 Å². The number of unbranched alkanes of at least 4 members (excludes halogenated alkanes) is 1. The van der Waals surface area contributed by atoms with E-state index in [0.717, 1.165) is 11.3 Å². The molecule has 5 nitrogen and oxygen atoms in total. The van der Waals surface area contributed by atoms with E-state index in [1.165, 1.54) is 24.3 Å². The number of carbonyl (C=O) groups is 3. The third-order valence-corrected chi connectivity index (χ3v) is 5.22. The van der Waals surface area contributed by atoms with Crippen molar-refractivity contribution in [1.29, 1.82) is 0 Å². The minimum atomic E-state index is -1.30. The largest absolute Gasteiger partial charge is 0.325 e. The number of imide groups is 1. The van der Waals surface area contributed by atoms with Gasteiger partial charge in [0.2, 0.25) is 0 Å². The van der Waals surface area contributed by atoms with Gasteiger partial charge in [0, 0.05) is 5.56 Å². The molecule has 0 saturated carbocycles. The molecule has 2 aromatic rings. The average Bonchev–Trinajstić information content (AvgIpc) is 2.92. The molecule has 1 heterocycles. The molecule has 0 aromatic heterocycles. The Balaban J connectivity index is 1.91. The van der Waals surface area contributed by atoms with Crippen LogP contribution in [0.4, 0.5) is 9.18 Å². The second-order valence-electron chi connectivity index (χ2n) is 6.74. The highest BCUT2D eigenvalue weighted by Gasteiger charge is 2.52. The number of nitrogens with one attached hydrogen (secondary N) is 1. The van der Waals surface area contributed by atoms with Gasteiger partial charge in [-0.15, -0.1) is 0 Å². The third kappa shape index (κ3) is 3.64. The van der Waals surface area contributed by atoms with Gasteiger partial charge in [0.25, 0.3) is 5.91 Å². The van der Waals surface area contributed by atoms with E-state index >= 15 is 0 Å². The molecule has 0 spiro atoms. The number of hydrogen-bond acceptors (Lipinski definition) is 3. The topological polar surface area (TPSA) is 66.5 Å². The van der Waals surface area contributed by atoms with Crippen molar-refractivity contribution in [2.45, 2.75) is 31.7 Å². The van der Waals surface area contributed by atoms with Gasteiger partial charge in [0.05, 0.1) is 11.6 Å². The number of ketones is 1. The minimum Gasteiger partial charge on any atom is -0.319 e. The number of amides is 3. The summed E-state index contributed by atoms with van der Waals surface area (Å²) >= 11 is 6.05. The first-order valence-corrected chi connectivity index (χ1v) is 9.44. The Hall–Kier alpha value is -2.73. The van der Waals surface area contributed by atoms with Gasteiger partial charge in [-0.3, -0.25) is 14.5 Å². The second-order valence-corrected chi connectivity index (χ2v) is 7.15. The highest BCUT2D eigenvalue weighted by molar-refractivity contribution is 6.34. The van der Waals surface area contributed by atoms with Crippen LogP contribution in [0.5, 0.6) is 0 Å². The van der Waals surface area contributed by atoms with Crippen molar-refractivity contribution in [3.05, 3.63) is 70.5 Å². The number of rotatable bonds is 7. The Morgan fingerprint density at radius 1 is 1.14 bits per heavy atom. The highest BCUT2D eigenvalue weighted by atomic mass is 35.5. The van der Waals surface area contributed by atoms with Crippen LogP contribution in [0.25, 0.3) is 0 Å². The summed E-state index contributed by atoms with van der Waals surface area (Å²) in [7, 11) is 0. The van der Waals surface area contributed by atoms with Gasteiger partial charge < -0.3 is 5.32 Å². The number of nitrogens with zero attached hydrogens (tertiary/aromatic N) is 1. The fraction of sp³-hybridized carbons (Fsp3) is 0.286. The summed E-state index contributed by atoms with van der Waals surface area (Å²) < 4.78 is 13.4. The lowest BCUT2D eigenvalue weighted by Gasteiger charge is -2.27. The molecule has 1 fully saturated rings. The van der Waals surface area contributed by atoms with Gasteiger partial charge in [0.15, 0.2) is 5.78 Å². The van der Waals surface area contributed by atoms with E-state index in [1.54, 1.807) is 24.3 Å². The highest BCUT2D eigenvalue weighted by Crippen LogP contribution is 2.34. The zero-order chi connectivity index (χ0) is 20.3. The maximum Gasteiger partial charge on any atom is 0.325 e. The Morgan fingerprint density at radius 2 is 1.82 bits per heavy atom. The first kappa shape index (κ1) is 20.0. The van der Waals surface area contributed by atoms with Crippen LogP contribution in [0.2, 0.25) is 5.02 Å². The van der Waals surface area contributed by atoms with Crippen LogP contribution in [0.15, 0.2) is 48.5 Å². The quantitative estimate of drug-likeness (QED) is 0.554. The van der Waals surface area contributed by atoms with E-state index in [1.807, 2.05) is 6.92 Å². The molecule has 3 rings (SSSR count). The van der Waals surface area contributed by atoms with Crippen molar-refractivity contribution in [1.82, 2.24) is 10.2 Å². The summed E-state index contributed by atoms with van der Waals surface area (Å²) in [4.78, 5) is 39.4. The number of carbonyl (C=O) groups excluding carboxylic acids is 3. The lowest BCUT2D eigenvalue weighted by Crippen LogP contribution is -2.44. The fourth-order valence-electron chi connectivity index (χ4n) is 3.37. The monoisotopic (exact) mass is 402 g/mol. The molecule has 1 aliphatic heterocycles. The number of halogens is 2. The first-order valence-electron chi connectivity index (χ1n) is 9.07. The van der Waals surface area contributed by atoms with Crippen LogP contribution < -0.4 is 5.32 Å². The van der Waals surface area contributed by atoms with E-state index in [2.05, 4.69) is 5.32 Å². The van der Waals surface area contributed by atoms with E-state index in [0.29, 0.717) is 18.4 Å². The van der Waals surface area contributed by atoms with Crippen LogP contribution in [-0.4, -0.2) is 29.2 Å². The molecule has 7 heteroatoms. The SMILES string of the molecule is CCCC[C@]1(c2ccc(F)cc2)NC(=O)N(CC(=O)c2ccccc2Cl)C1=O. The minimum absolute atomic E-state index is 0.248. The van der Waals surface area contributed by atoms with Crippen LogP contribution in [-0.2, 0) is 10.3 Å². The van der Waals surface area contributed by atoms with Gasteiger partial charge in [-0.2, -0.15) is 0 Å². The van der Waals surface area contributed by atoms with E-state index in [9.17, 15) is 18.8 Å². The third-order valence-electron chi connectivity index (χ3n) is 4.89. The van der Waals surface area contributed by atoms with Crippen LogP contribution in [0.1, 0.15) is 42.1 Å². The Labute approximate surface area is 167 Å². The Bertz CT molecular complexity index is 916. The van der Waals surface area contributed by atoms with Gasteiger partial charge in [0.1, 0.15) is 11.4 Å². The zero-order valence-corrected chi connectivity index (χ0v) is 16.1. The smallest absolute Gasteiger partial charge is 0.319 e. The molecule has 1 atom stereocenters. The summed E-state index contributed by atoms with van der Waals surface area (Å²) in [5.74, 6) is -1.38. The van der Waals surface area contributed by atoms with Crippen LogP contribution in [0.3, 0.4) is 0 Å². The number of hydrogen-bond donors (Lipinski definition) is 1. The fourth-order valence-corrected chi connectivity index (χ4v) is 3.61. The molecule has 28 heavy (non-hydrogen) atoms. The average molecular weight is 403 g/mol. The molecule has 146 valence electrons. The maximum absolute atomic E-state index is 13.4. The molecule has 1 saturated heterocycles. The molecule has 0 aliphatic carbocycles. The number of urea groups is 1. The van der Waals surface area contributed by atoms with Gasteiger partial charge in [-0.25, -0.2) is 9.18 Å². The van der Waals surface area contributed by atoms with Crippen LogP contribution >= 0.6 is 11.6 Å². The standard InChI is InChI=1S/C21H20ClFN2O3/c1-2-3-12-21(14-8-10-15(23)11-9-14)19(27)25(20(28)24-21)13-18(26)16-6-4-5-7-17(16)22/h4-11H,2-3,12-13H2,1H3,(H,24,28)/t21-/m1/s1. The van der Waals surface area contributed by atoms with Gasteiger partial charge in [-0.1, -0.05) is 55.6 Å². The molecule has 1 N–H and O–H groups in total. The van der Waals surface area contributed by atoms with Crippen molar-refractivity contribution < 1.29 is 18.8 Å². The summed E-state index contributed by atoms with van der Waals surface area (Å²) in [6, 6.07) is 11.3. The second kappa shape index (κ2) is 8.10. The molecule has 1 aliphatic rings. The van der Waals surface area contributed by atoms with Crippen molar-refractivity contribution in [3.8, 4) is 0 Å². The zero-order valence-electron chi connectivity index (χ0n) is 15.4. The van der Waals surface area contributed by atoms with E-state index in [4.69, 9.17) is 11.6 Å². The van der Waals surface area contributed by atoms with Crippen molar-refractivity contribution >= 4 is 29.3 Å². The molecular weight excluding hydrogens is 383 g/mol. The lowest BCUT2D eigenvalue weighted by molar-refractivity contribution is -0.131. The number of Topliss-reactive ketones (excluding diaryl/α,β-unsaturated/α-hetero) is 1. The summed E-state index contributed by atoms with van der Waals surface area (Å²) in [6.45, 7) is 1.56.